The number of nitrogens with two attached hydrogens (primary N) is 1. The lowest BCUT2D eigenvalue weighted by Crippen LogP contribution is -2.21. The predicted molar refractivity (Wildman–Crippen MR) is 138 cm³/mol. The molecule has 1 amide bonds. The molecule has 7 nitrogen and oxygen atoms in total. The quantitative estimate of drug-likeness (QED) is 0.236. The van der Waals surface area contributed by atoms with E-state index in [0.717, 1.165) is 23.3 Å². The summed E-state index contributed by atoms with van der Waals surface area (Å²) in [6, 6.07) is 9.92. The van der Waals surface area contributed by atoms with Crippen molar-refractivity contribution < 1.29 is 19.4 Å². The van der Waals surface area contributed by atoms with E-state index in [0.29, 0.717) is 23.5 Å². The van der Waals surface area contributed by atoms with Crippen molar-refractivity contribution in [2.45, 2.75) is 26.7 Å². The van der Waals surface area contributed by atoms with Gasteiger partial charge in [-0.25, -0.2) is 4.79 Å². The van der Waals surface area contributed by atoms with Crippen molar-refractivity contribution in [3.8, 4) is 5.75 Å². The van der Waals surface area contributed by atoms with Gasteiger partial charge in [0.2, 0.25) is 0 Å². The van der Waals surface area contributed by atoms with Gasteiger partial charge in [0.1, 0.15) is 5.75 Å². The molecule has 2 aromatic carbocycles. The summed E-state index contributed by atoms with van der Waals surface area (Å²) in [5, 5.41) is 11.7. The molecule has 0 saturated carbocycles. The molecule has 8 heteroatoms. The van der Waals surface area contributed by atoms with E-state index in [1.165, 1.54) is 24.3 Å². The Balaban J connectivity index is 2.31. The molecule has 0 aliphatic carbocycles. The average molecular weight is 482 g/mol. The number of ether oxygens (including phenoxy) is 1. The van der Waals surface area contributed by atoms with Gasteiger partial charge in [-0.2, -0.15) is 0 Å². The summed E-state index contributed by atoms with van der Waals surface area (Å²) in [5.74, 6) is -0.911. The van der Waals surface area contributed by atoms with Crippen LogP contribution < -0.4 is 15.8 Å². The molecule has 0 aliphatic heterocycles. The van der Waals surface area contributed by atoms with Crippen molar-refractivity contribution in [2.24, 2.45) is 10.7 Å². The van der Waals surface area contributed by atoms with E-state index in [2.05, 4.69) is 11.9 Å². The highest BCUT2D eigenvalue weighted by molar-refractivity contribution is 6.33. The second-order valence-corrected chi connectivity index (χ2v) is 7.59. The van der Waals surface area contributed by atoms with E-state index in [4.69, 9.17) is 32.2 Å². The average Bonchev–Trinajstić information content (AvgIpc) is 2.82. The molecule has 34 heavy (non-hydrogen) atoms. The summed E-state index contributed by atoms with van der Waals surface area (Å²) in [7, 11) is 1.63. The standard InChI is InChI=1S/C26H28ClN3O4/c1-5-8-23(17-9-12-24(34-4)16(6-2)13-17)29-18(7-3)15-22(28)25(31)30-19-10-11-20(26(32)33)21(27)14-19/h5,8-15H,1,6-7,28H2,2-4H3,(H,30,31)(H,32,33)/b22-15-,23-8-,29-18+. The fraction of sp³-hybridized carbons (Fsp3) is 0.192. The van der Waals surface area contributed by atoms with Crippen molar-refractivity contribution >= 4 is 40.6 Å². The van der Waals surface area contributed by atoms with Crippen molar-refractivity contribution in [3.63, 3.8) is 0 Å². The lowest BCUT2D eigenvalue weighted by Gasteiger charge is -2.11. The van der Waals surface area contributed by atoms with Crippen LogP contribution in [0.15, 0.2) is 71.9 Å². The normalized spacial score (nSPS) is 12.3. The van der Waals surface area contributed by atoms with Crippen molar-refractivity contribution in [1.82, 2.24) is 0 Å². The monoisotopic (exact) mass is 481 g/mol. The van der Waals surface area contributed by atoms with E-state index < -0.39 is 11.9 Å². The molecule has 0 heterocycles. The number of nitrogens with one attached hydrogen (secondary N) is 1. The van der Waals surface area contributed by atoms with Gasteiger partial charge < -0.3 is 20.9 Å². The molecular weight excluding hydrogens is 454 g/mol. The molecule has 2 rings (SSSR count). The number of methoxy groups -OCH3 is 1. The number of nitrogens with zero attached hydrogens (tertiary/aromatic N) is 1. The maximum absolute atomic E-state index is 12.6. The topological polar surface area (TPSA) is 114 Å². The number of carbonyl (C=O) groups excluding carboxylic acids is 1. The Kier molecular flexibility index (Phi) is 9.64. The van der Waals surface area contributed by atoms with Crippen LogP contribution in [-0.4, -0.2) is 29.8 Å². The fourth-order valence-electron chi connectivity index (χ4n) is 3.11. The van der Waals surface area contributed by atoms with Gasteiger partial charge in [0, 0.05) is 17.0 Å². The summed E-state index contributed by atoms with van der Waals surface area (Å²) in [6.45, 7) is 7.72. The van der Waals surface area contributed by atoms with E-state index in [9.17, 15) is 9.59 Å². The number of hydrogen-bond donors (Lipinski definition) is 3. The first kappa shape index (κ1) is 26.4. The van der Waals surface area contributed by atoms with Crippen LogP contribution in [0.5, 0.6) is 5.75 Å². The number of amides is 1. The number of carboxylic acid groups (broad SMARTS) is 1. The van der Waals surface area contributed by atoms with Crippen LogP contribution in [0.2, 0.25) is 5.02 Å². The zero-order valence-electron chi connectivity index (χ0n) is 19.4. The number of benzene rings is 2. The first-order chi connectivity index (χ1) is 16.2. The van der Waals surface area contributed by atoms with Gasteiger partial charge in [0.05, 0.1) is 29.1 Å². The number of carbonyl (C=O) groups is 2. The van der Waals surface area contributed by atoms with Crippen LogP contribution in [0.1, 0.15) is 41.8 Å². The minimum absolute atomic E-state index is 0.00815. The number of aryl methyl sites for hydroxylation is 1. The second kappa shape index (κ2) is 12.4. The van der Waals surface area contributed by atoms with E-state index in [1.807, 2.05) is 32.0 Å². The maximum Gasteiger partial charge on any atom is 0.337 e. The van der Waals surface area contributed by atoms with Crippen molar-refractivity contribution in [1.29, 1.82) is 0 Å². The SMILES string of the molecule is C=C\C=C(/N=C(/C=C(\N)C(=O)Nc1ccc(C(=O)O)c(Cl)c1)CC)c1ccc(OC)c(CC)c1. The Labute approximate surface area is 204 Å². The number of rotatable bonds is 10. The molecule has 0 saturated heterocycles. The number of allylic oxidation sites excluding steroid dienone is 3. The minimum Gasteiger partial charge on any atom is -0.496 e. The van der Waals surface area contributed by atoms with Gasteiger partial charge in [-0.3, -0.25) is 9.79 Å². The first-order valence-corrected chi connectivity index (χ1v) is 11.0. The van der Waals surface area contributed by atoms with Crippen molar-refractivity contribution in [2.75, 3.05) is 12.4 Å². The predicted octanol–water partition coefficient (Wildman–Crippen LogP) is 5.47. The summed E-state index contributed by atoms with van der Waals surface area (Å²) in [4.78, 5) is 28.4. The molecule has 4 N–H and O–H groups in total. The van der Waals surface area contributed by atoms with Crippen LogP contribution in [0.4, 0.5) is 5.69 Å². The molecule has 0 aliphatic rings. The highest BCUT2D eigenvalue weighted by Gasteiger charge is 2.12. The van der Waals surface area contributed by atoms with Gasteiger partial charge in [0.15, 0.2) is 0 Å². The second-order valence-electron chi connectivity index (χ2n) is 7.18. The molecule has 0 fully saturated rings. The Morgan fingerprint density at radius 2 is 1.97 bits per heavy atom. The summed E-state index contributed by atoms with van der Waals surface area (Å²) in [6.07, 6.45) is 6.26. The van der Waals surface area contributed by atoms with Gasteiger partial charge in [0.25, 0.3) is 5.91 Å². The Morgan fingerprint density at radius 3 is 2.53 bits per heavy atom. The lowest BCUT2D eigenvalue weighted by atomic mass is 10.0. The van der Waals surface area contributed by atoms with Crippen molar-refractivity contribution in [3.05, 3.63) is 88.6 Å². The molecule has 0 unspecified atom stereocenters. The first-order valence-electron chi connectivity index (χ1n) is 10.6. The van der Waals surface area contributed by atoms with Crippen LogP contribution in [0, 0.1) is 0 Å². The molecule has 0 atom stereocenters. The van der Waals surface area contributed by atoms with Crippen LogP contribution in [-0.2, 0) is 11.2 Å². The highest BCUT2D eigenvalue weighted by Crippen LogP contribution is 2.26. The molecule has 0 bridgehead atoms. The third kappa shape index (κ3) is 6.83. The molecule has 0 spiro atoms. The van der Waals surface area contributed by atoms with Gasteiger partial charge in [-0.15, -0.1) is 0 Å². The van der Waals surface area contributed by atoms with E-state index in [-0.39, 0.29) is 16.3 Å². The summed E-state index contributed by atoms with van der Waals surface area (Å²) >= 11 is 5.96. The van der Waals surface area contributed by atoms with Gasteiger partial charge in [-0.05, 0) is 67.0 Å². The third-order valence-corrected chi connectivity index (χ3v) is 5.21. The van der Waals surface area contributed by atoms with Crippen LogP contribution in [0.3, 0.4) is 0 Å². The molecule has 0 aromatic heterocycles. The number of anilines is 1. The van der Waals surface area contributed by atoms with Gasteiger partial charge >= 0.3 is 5.97 Å². The summed E-state index contributed by atoms with van der Waals surface area (Å²) in [5.41, 5.74) is 9.41. The van der Waals surface area contributed by atoms with Crippen LogP contribution in [0.25, 0.3) is 5.70 Å². The third-order valence-electron chi connectivity index (χ3n) is 4.90. The van der Waals surface area contributed by atoms with E-state index >= 15 is 0 Å². The number of aliphatic imine (C=N–C) groups is 1. The zero-order valence-corrected chi connectivity index (χ0v) is 20.1. The highest BCUT2D eigenvalue weighted by atomic mass is 35.5. The number of hydrogen-bond acceptors (Lipinski definition) is 5. The van der Waals surface area contributed by atoms with Crippen LogP contribution >= 0.6 is 11.6 Å². The number of aromatic carboxylic acids is 1. The Bertz CT molecular complexity index is 1180. The molecular formula is C26H28ClN3O4. The fourth-order valence-corrected chi connectivity index (χ4v) is 3.37. The number of halogens is 1. The van der Waals surface area contributed by atoms with E-state index in [1.54, 1.807) is 19.3 Å². The van der Waals surface area contributed by atoms with Gasteiger partial charge in [-0.1, -0.05) is 38.1 Å². The molecule has 178 valence electrons. The smallest absolute Gasteiger partial charge is 0.337 e. The minimum atomic E-state index is -1.16. The maximum atomic E-state index is 12.6. The Hall–Kier alpha value is -3.84. The summed E-state index contributed by atoms with van der Waals surface area (Å²) < 4.78 is 5.40. The molecule has 2 aromatic rings. The largest absolute Gasteiger partial charge is 0.496 e. The Morgan fingerprint density at radius 1 is 1.24 bits per heavy atom. The zero-order chi connectivity index (χ0) is 25.3. The number of carboxylic acids is 1. The lowest BCUT2D eigenvalue weighted by molar-refractivity contribution is -0.112. The molecule has 0 radical (unpaired) electrons.